The maximum absolute atomic E-state index is 12.5. The van der Waals surface area contributed by atoms with E-state index in [-0.39, 0.29) is 30.1 Å². The van der Waals surface area contributed by atoms with E-state index in [0.29, 0.717) is 36.7 Å². The van der Waals surface area contributed by atoms with Gasteiger partial charge in [-0.1, -0.05) is 11.6 Å². The van der Waals surface area contributed by atoms with E-state index >= 15 is 0 Å². The molecule has 10 heteroatoms. The number of aryl methyl sites for hydroxylation is 1. The van der Waals surface area contributed by atoms with Crippen LogP contribution in [0.2, 0.25) is 0 Å². The van der Waals surface area contributed by atoms with Crippen LogP contribution in [0, 0.1) is 11.3 Å². The standard InChI is InChI=1S/C18H24N8O2/c1-2-26-20-8-15(22-26)16(27)19-7-12-9-25(23-21-12)13-10-24(11-13)17(28)14-6-18(14)4-3-5-18/h8-9,13-14H,2-7,10-11H2,1H3,(H,19,27). The second kappa shape index (κ2) is 6.39. The van der Waals surface area contributed by atoms with Gasteiger partial charge >= 0.3 is 0 Å². The fourth-order valence-corrected chi connectivity index (χ4v) is 4.29. The Kier molecular flexibility index (Phi) is 3.95. The largest absolute Gasteiger partial charge is 0.345 e. The van der Waals surface area contributed by atoms with Crippen LogP contribution in [0.5, 0.6) is 0 Å². The van der Waals surface area contributed by atoms with E-state index in [1.807, 2.05) is 18.0 Å². The summed E-state index contributed by atoms with van der Waals surface area (Å²) in [7, 11) is 0. The summed E-state index contributed by atoms with van der Waals surface area (Å²) in [5, 5.41) is 19.1. The van der Waals surface area contributed by atoms with Crippen LogP contribution in [0.1, 0.15) is 54.8 Å². The molecular formula is C18H24N8O2. The zero-order valence-corrected chi connectivity index (χ0v) is 15.9. The maximum atomic E-state index is 12.5. The number of rotatable bonds is 6. The van der Waals surface area contributed by atoms with Crippen LogP contribution in [0.3, 0.4) is 0 Å². The van der Waals surface area contributed by atoms with E-state index in [0.717, 1.165) is 6.42 Å². The molecule has 0 aromatic carbocycles. The first-order valence-electron chi connectivity index (χ1n) is 9.96. The van der Waals surface area contributed by atoms with Crippen molar-refractivity contribution in [3.05, 3.63) is 23.8 Å². The molecule has 3 heterocycles. The van der Waals surface area contributed by atoms with Crippen molar-refractivity contribution < 1.29 is 9.59 Å². The summed E-state index contributed by atoms with van der Waals surface area (Å²) < 4.78 is 1.80. The summed E-state index contributed by atoms with van der Waals surface area (Å²) in [6, 6.07) is 0.168. The van der Waals surface area contributed by atoms with Crippen LogP contribution in [0.25, 0.3) is 0 Å². The summed E-state index contributed by atoms with van der Waals surface area (Å²) >= 11 is 0. The van der Waals surface area contributed by atoms with Crippen molar-refractivity contribution in [1.29, 1.82) is 0 Å². The SMILES string of the molecule is CCn1ncc(C(=O)NCc2cn(C3CN(C(=O)C4CC45CCC5)C3)nn2)n1. The van der Waals surface area contributed by atoms with Crippen LogP contribution in [-0.4, -0.2) is 59.8 Å². The molecule has 1 unspecified atom stereocenters. The van der Waals surface area contributed by atoms with Crippen molar-refractivity contribution in [2.24, 2.45) is 11.3 Å². The van der Waals surface area contributed by atoms with E-state index in [9.17, 15) is 9.59 Å². The monoisotopic (exact) mass is 384 g/mol. The number of nitrogens with one attached hydrogen (secondary N) is 1. The summed E-state index contributed by atoms with van der Waals surface area (Å²) in [5.74, 6) is 0.307. The van der Waals surface area contributed by atoms with E-state index in [1.165, 1.54) is 30.3 Å². The molecule has 5 rings (SSSR count). The first kappa shape index (κ1) is 17.3. The van der Waals surface area contributed by atoms with Gasteiger partial charge in [0.15, 0.2) is 5.69 Å². The zero-order valence-electron chi connectivity index (χ0n) is 15.9. The molecule has 2 aromatic rings. The third kappa shape index (κ3) is 2.87. The van der Waals surface area contributed by atoms with Crippen LogP contribution < -0.4 is 5.32 Å². The van der Waals surface area contributed by atoms with E-state index in [1.54, 1.807) is 4.68 Å². The van der Waals surface area contributed by atoms with Crippen molar-refractivity contribution >= 4 is 11.8 Å². The number of carbonyl (C=O) groups excluding carboxylic acids is 2. The van der Waals surface area contributed by atoms with Gasteiger partial charge < -0.3 is 10.2 Å². The third-order valence-corrected chi connectivity index (χ3v) is 6.42. The van der Waals surface area contributed by atoms with Crippen LogP contribution in [0.15, 0.2) is 12.4 Å². The highest BCUT2D eigenvalue weighted by molar-refractivity contribution is 5.91. The van der Waals surface area contributed by atoms with Crippen molar-refractivity contribution in [2.45, 2.75) is 51.7 Å². The van der Waals surface area contributed by atoms with Gasteiger partial charge in [0.1, 0.15) is 5.69 Å². The Morgan fingerprint density at radius 3 is 2.79 bits per heavy atom. The van der Waals surface area contributed by atoms with Crippen molar-refractivity contribution in [3.8, 4) is 0 Å². The highest BCUT2D eigenvalue weighted by Gasteiger charge is 2.62. The van der Waals surface area contributed by atoms with Crippen molar-refractivity contribution in [2.75, 3.05) is 13.1 Å². The first-order valence-corrected chi connectivity index (χ1v) is 9.96. The Balaban J connectivity index is 1.10. The minimum absolute atomic E-state index is 0.168. The first-order chi connectivity index (χ1) is 13.6. The molecule has 1 saturated heterocycles. The third-order valence-electron chi connectivity index (χ3n) is 6.42. The summed E-state index contributed by atoms with van der Waals surface area (Å²) in [6.07, 6.45) is 8.11. The van der Waals surface area contributed by atoms with Crippen molar-refractivity contribution in [3.63, 3.8) is 0 Å². The van der Waals surface area contributed by atoms with Gasteiger partial charge in [-0.05, 0) is 31.6 Å². The van der Waals surface area contributed by atoms with Gasteiger partial charge in [-0.25, -0.2) is 4.68 Å². The van der Waals surface area contributed by atoms with Gasteiger partial charge in [0, 0.05) is 19.0 Å². The van der Waals surface area contributed by atoms with Crippen LogP contribution in [-0.2, 0) is 17.9 Å². The quantitative estimate of drug-likeness (QED) is 0.771. The zero-order chi connectivity index (χ0) is 19.3. The maximum Gasteiger partial charge on any atom is 0.273 e. The number of likely N-dealkylation sites (tertiary alicyclic amines) is 1. The Labute approximate surface area is 162 Å². The number of nitrogens with zero attached hydrogens (tertiary/aromatic N) is 7. The molecule has 1 atom stereocenters. The van der Waals surface area contributed by atoms with Gasteiger partial charge in [-0.3, -0.25) is 9.59 Å². The molecule has 10 nitrogen and oxygen atoms in total. The van der Waals surface area contributed by atoms with E-state index < -0.39 is 0 Å². The predicted molar refractivity (Wildman–Crippen MR) is 96.9 cm³/mol. The predicted octanol–water partition coefficient (Wildman–Crippen LogP) is 0.393. The molecule has 0 radical (unpaired) electrons. The lowest BCUT2D eigenvalue weighted by molar-refractivity contribution is -0.140. The number of hydrogen-bond donors (Lipinski definition) is 1. The highest BCUT2D eigenvalue weighted by Crippen LogP contribution is 2.66. The second-order valence-electron chi connectivity index (χ2n) is 8.16. The van der Waals surface area contributed by atoms with Crippen LogP contribution in [0.4, 0.5) is 0 Å². The van der Waals surface area contributed by atoms with E-state index in [4.69, 9.17) is 0 Å². The average Bonchev–Trinajstić information content (AvgIpc) is 2.97. The lowest BCUT2D eigenvalue weighted by Gasteiger charge is -2.40. The second-order valence-corrected chi connectivity index (χ2v) is 8.16. The number of carbonyl (C=O) groups is 2. The smallest absolute Gasteiger partial charge is 0.273 e. The Morgan fingerprint density at radius 2 is 2.14 bits per heavy atom. The highest BCUT2D eigenvalue weighted by atomic mass is 16.2. The Hall–Kier alpha value is -2.78. The topological polar surface area (TPSA) is 111 Å². The molecule has 1 N–H and O–H groups in total. The fourth-order valence-electron chi connectivity index (χ4n) is 4.29. The average molecular weight is 384 g/mol. The molecule has 3 fully saturated rings. The number of aromatic nitrogens is 6. The van der Waals surface area contributed by atoms with Crippen molar-refractivity contribution in [1.82, 2.24) is 40.2 Å². The molecule has 148 valence electrons. The molecule has 28 heavy (non-hydrogen) atoms. The molecule has 1 aliphatic heterocycles. The minimum Gasteiger partial charge on any atom is -0.345 e. The lowest BCUT2D eigenvalue weighted by Crippen LogP contribution is -2.52. The molecule has 2 amide bonds. The molecule has 2 aliphatic carbocycles. The van der Waals surface area contributed by atoms with Gasteiger partial charge in [-0.2, -0.15) is 9.90 Å². The molecular weight excluding hydrogens is 360 g/mol. The van der Waals surface area contributed by atoms with Gasteiger partial charge in [-0.15, -0.1) is 10.2 Å². The summed E-state index contributed by atoms with van der Waals surface area (Å²) in [5.41, 5.74) is 1.34. The molecule has 2 aromatic heterocycles. The van der Waals surface area contributed by atoms with E-state index in [2.05, 4.69) is 25.8 Å². The number of hydrogen-bond acceptors (Lipinski definition) is 6. The lowest BCUT2D eigenvalue weighted by atomic mass is 9.79. The summed E-state index contributed by atoms with van der Waals surface area (Å²) in [6.45, 7) is 4.19. The van der Waals surface area contributed by atoms with Gasteiger partial charge in [0.25, 0.3) is 5.91 Å². The molecule has 1 spiro atoms. The normalized spacial score (nSPS) is 22.6. The Bertz CT molecular complexity index is 908. The van der Waals surface area contributed by atoms with Gasteiger partial charge in [0.2, 0.25) is 5.91 Å². The Morgan fingerprint density at radius 1 is 1.32 bits per heavy atom. The molecule has 0 bridgehead atoms. The molecule has 2 saturated carbocycles. The summed E-state index contributed by atoms with van der Waals surface area (Å²) in [4.78, 5) is 28.0. The fraction of sp³-hybridized carbons (Fsp3) is 0.667. The minimum atomic E-state index is -0.288. The van der Waals surface area contributed by atoms with Crippen LogP contribution >= 0.6 is 0 Å². The number of amides is 2. The molecule has 3 aliphatic rings. The van der Waals surface area contributed by atoms with Gasteiger partial charge in [0.05, 0.1) is 31.5 Å².